The first-order valence-electron chi connectivity index (χ1n) is 6.89. The van der Waals surface area contributed by atoms with Crippen LogP contribution in [0.4, 0.5) is 0 Å². The van der Waals surface area contributed by atoms with E-state index in [9.17, 15) is 0 Å². The van der Waals surface area contributed by atoms with E-state index in [1.54, 1.807) is 12.3 Å². The number of hydrogen-bond donors (Lipinski definition) is 2. The van der Waals surface area contributed by atoms with Crippen molar-refractivity contribution >= 4 is 12.6 Å². The third-order valence-electron chi connectivity index (χ3n) is 3.26. The molecule has 0 aliphatic rings. The lowest BCUT2D eigenvalue weighted by molar-refractivity contribution is 0.305. The van der Waals surface area contributed by atoms with E-state index in [0.717, 1.165) is 5.56 Å². The van der Waals surface area contributed by atoms with Crippen molar-refractivity contribution in [2.24, 2.45) is 0 Å². The maximum Gasteiger partial charge on any atom is 0.490 e. The van der Waals surface area contributed by atoms with Gasteiger partial charge in [-0.1, -0.05) is 45.0 Å². The number of hydrogen-bond acceptors (Lipinski definition) is 4. The normalized spacial score (nSPS) is 11.3. The van der Waals surface area contributed by atoms with Gasteiger partial charge in [0, 0.05) is 11.7 Å². The van der Waals surface area contributed by atoms with Gasteiger partial charge in [0.1, 0.15) is 12.4 Å². The molecule has 21 heavy (non-hydrogen) atoms. The Morgan fingerprint density at radius 3 is 2.33 bits per heavy atom. The highest BCUT2D eigenvalue weighted by Gasteiger charge is 2.13. The van der Waals surface area contributed by atoms with E-state index in [2.05, 4.69) is 37.9 Å². The smallest absolute Gasteiger partial charge is 0.487 e. The largest absolute Gasteiger partial charge is 0.490 e. The minimum absolute atomic E-state index is 0.134. The molecule has 0 saturated heterocycles. The summed E-state index contributed by atoms with van der Waals surface area (Å²) < 4.78 is 5.62. The second-order valence-electron chi connectivity index (χ2n) is 6.06. The Labute approximate surface area is 125 Å². The summed E-state index contributed by atoms with van der Waals surface area (Å²) in [6.45, 7) is 6.94. The first-order valence-corrected chi connectivity index (χ1v) is 6.89. The summed E-state index contributed by atoms with van der Waals surface area (Å²) in [6, 6.07) is 9.86. The number of pyridine rings is 1. The molecule has 2 aromatic rings. The summed E-state index contributed by atoms with van der Waals surface area (Å²) >= 11 is 0. The molecule has 0 fully saturated rings. The average molecular weight is 285 g/mol. The Hall–Kier alpha value is -1.85. The standard InChI is InChI=1S/C16H20BNO3/c1-16(2,3)13-6-4-12(5-7-13)11-21-15-8-14(17(19)20)9-18-10-15/h4-10,19-20H,11H2,1-3H3. The number of aromatic nitrogens is 1. The van der Waals surface area contributed by atoms with E-state index in [4.69, 9.17) is 14.8 Å². The summed E-state index contributed by atoms with van der Waals surface area (Å²) in [6.07, 6.45) is 2.95. The van der Waals surface area contributed by atoms with Gasteiger partial charge in [0.05, 0.1) is 6.20 Å². The molecule has 0 aliphatic carbocycles. The van der Waals surface area contributed by atoms with Crippen molar-refractivity contribution in [1.29, 1.82) is 0 Å². The molecule has 0 spiro atoms. The molecule has 4 nitrogen and oxygen atoms in total. The second kappa shape index (κ2) is 6.29. The molecule has 0 radical (unpaired) electrons. The van der Waals surface area contributed by atoms with E-state index in [1.807, 2.05) is 12.1 Å². The summed E-state index contributed by atoms with van der Waals surface area (Å²) in [5.74, 6) is 0.514. The van der Waals surface area contributed by atoms with Gasteiger partial charge in [-0.15, -0.1) is 0 Å². The Kier molecular flexibility index (Phi) is 4.65. The highest BCUT2D eigenvalue weighted by Crippen LogP contribution is 2.22. The fourth-order valence-corrected chi connectivity index (χ4v) is 1.92. The van der Waals surface area contributed by atoms with Gasteiger partial charge in [-0.25, -0.2) is 0 Å². The molecule has 0 aliphatic heterocycles. The van der Waals surface area contributed by atoms with Gasteiger partial charge in [0.15, 0.2) is 0 Å². The third kappa shape index (κ3) is 4.31. The summed E-state index contributed by atoms with van der Waals surface area (Å²) in [4.78, 5) is 3.92. The van der Waals surface area contributed by atoms with Crippen molar-refractivity contribution in [2.45, 2.75) is 32.8 Å². The number of nitrogens with zero attached hydrogens (tertiary/aromatic N) is 1. The zero-order valence-electron chi connectivity index (χ0n) is 12.6. The van der Waals surface area contributed by atoms with Crippen molar-refractivity contribution < 1.29 is 14.8 Å². The maximum atomic E-state index is 9.10. The molecule has 1 heterocycles. The van der Waals surface area contributed by atoms with Gasteiger partial charge >= 0.3 is 7.12 Å². The molecular formula is C16H20BNO3. The van der Waals surface area contributed by atoms with Crippen molar-refractivity contribution in [3.63, 3.8) is 0 Å². The van der Waals surface area contributed by atoms with Crippen LogP contribution < -0.4 is 10.2 Å². The SMILES string of the molecule is CC(C)(C)c1ccc(COc2cncc(B(O)O)c2)cc1. The monoisotopic (exact) mass is 285 g/mol. The molecule has 0 bridgehead atoms. The number of ether oxygens (including phenoxy) is 1. The fourth-order valence-electron chi connectivity index (χ4n) is 1.92. The predicted octanol–water partition coefficient (Wildman–Crippen LogP) is 1.64. The van der Waals surface area contributed by atoms with Crippen LogP contribution in [0.3, 0.4) is 0 Å². The molecule has 0 saturated carbocycles. The second-order valence-corrected chi connectivity index (χ2v) is 6.06. The highest BCUT2D eigenvalue weighted by atomic mass is 16.5. The van der Waals surface area contributed by atoms with Gasteiger partial charge in [0.2, 0.25) is 0 Å². The predicted molar refractivity (Wildman–Crippen MR) is 83.5 cm³/mol. The van der Waals surface area contributed by atoms with Crippen LogP contribution in [-0.4, -0.2) is 22.2 Å². The summed E-state index contributed by atoms with van der Waals surface area (Å²) in [7, 11) is -1.54. The Morgan fingerprint density at radius 1 is 1.10 bits per heavy atom. The fraction of sp³-hybridized carbons (Fsp3) is 0.312. The molecule has 0 atom stereocenters. The zero-order chi connectivity index (χ0) is 15.5. The van der Waals surface area contributed by atoms with Crippen LogP contribution in [0.5, 0.6) is 5.75 Å². The third-order valence-corrected chi connectivity index (χ3v) is 3.26. The number of benzene rings is 1. The maximum absolute atomic E-state index is 9.10. The van der Waals surface area contributed by atoms with Crippen LogP contribution in [0.2, 0.25) is 0 Å². The zero-order valence-corrected chi connectivity index (χ0v) is 12.6. The average Bonchev–Trinajstić information content (AvgIpc) is 2.45. The molecule has 2 N–H and O–H groups in total. The lowest BCUT2D eigenvalue weighted by atomic mass is 9.82. The van der Waals surface area contributed by atoms with E-state index < -0.39 is 7.12 Å². The van der Waals surface area contributed by atoms with Gasteiger partial charge < -0.3 is 14.8 Å². The van der Waals surface area contributed by atoms with Crippen molar-refractivity contribution in [3.05, 3.63) is 53.9 Å². The van der Waals surface area contributed by atoms with Crippen LogP contribution in [0.1, 0.15) is 31.9 Å². The van der Waals surface area contributed by atoms with E-state index in [-0.39, 0.29) is 5.41 Å². The summed E-state index contributed by atoms with van der Waals surface area (Å²) in [5.41, 5.74) is 2.78. The van der Waals surface area contributed by atoms with E-state index in [0.29, 0.717) is 17.8 Å². The van der Waals surface area contributed by atoms with Gasteiger partial charge in [-0.2, -0.15) is 0 Å². The number of rotatable bonds is 4. The Balaban J connectivity index is 2.01. The minimum atomic E-state index is -1.54. The molecule has 1 aromatic heterocycles. The molecule has 110 valence electrons. The van der Waals surface area contributed by atoms with Crippen molar-refractivity contribution in [2.75, 3.05) is 0 Å². The lowest BCUT2D eigenvalue weighted by Crippen LogP contribution is -2.30. The van der Waals surface area contributed by atoms with Gasteiger partial charge in [-0.05, 0) is 22.6 Å². The molecule has 5 heteroatoms. The van der Waals surface area contributed by atoms with E-state index in [1.165, 1.54) is 11.8 Å². The molecule has 2 rings (SSSR count). The van der Waals surface area contributed by atoms with Crippen LogP contribution in [0, 0.1) is 0 Å². The van der Waals surface area contributed by atoms with Gasteiger partial charge in [-0.3, -0.25) is 4.98 Å². The Bertz CT molecular complexity index is 591. The first-order chi connectivity index (χ1) is 9.86. The molecule has 1 aromatic carbocycles. The topological polar surface area (TPSA) is 62.6 Å². The minimum Gasteiger partial charge on any atom is -0.487 e. The molecule has 0 amide bonds. The van der Waals surface area contributed by atoms with Crippen molar-refractivity contribution in [3.8, 4) is 5.75 Å². The van der Waals surface area contributed by atoms with Gasteiger partial charge in [0.25, 0.3) is 0 Å². The van der Waals surface area contributed by atoms with E-state index >= 15 is 0 Å². The lowest BCUT2D eigenvalue weighted by Gasteiger charge is -2.19. The molecular weight excluding hydrogens is 265 g/mol. The Morgan fingerprint density at radius 2 is 1.76 bits per heavy atom. The summed E-state index contributed by atoms with van der Waals surface area (Å²) in [5, 5.41) is 18.2. The highest BCUT2D eigenvalue weighted by molar-refractivity contribution is 6.58. The van der Waals surface area contributed by atoms with Crippen LogP contribution in [0.15, 0.2) is 42.7 Å². The van der Waals surface area contributed by atoms with Crippen molar-refractivity contribution in [1.82, 2.24) is 4.98 Å². The van der Waals surface area contributed by atoms with Crippen LogP contribution in [-0.2, 0) is 12.0 Å². The molecule has 0 unspecified atom stereocenters. The quantitative estimate of drug-likeness (QED) is 0.838. The van der Waals surface area contributed by atoms with Crippen LogP contribution >= 0.6 is 0 Å². The first kappa shape index (κ1) is 15.5. The van der Waals surface area contributed by atoms with Crippen LogP contribution in [0.25, 0.3) is 0 Å².